The van der Waals surface area contributed by atoms with Gasteiger partial charge in [-0.15, -0.1) is 0 Å². The predicted octanol–water partition coefficient (Wildman–Crippen LogP) is 3.94. The van der Waals surface area contributed by atoms with Gasteiger partial charge in [-0.05, 0) is 48.4 Å². The highest BCUT2D eigenvalue weighted by molar-refractivity contribution is 6.36. The second-order valence-corrected chi connectivity index (χ2v) is 6.68. The molecule has 0 unspecified atom stereocenters. The van der Waals surface area contributed by atoms with E-state index >= 15 is 0 Å². The molecule has 0 aliphatic heterocycles. The molecule has 2 N–H and O–H groups in total. The minimum Gasteiger partial charge on any atom is -0.489 e. The predicted molar refractivity (Wildman–Crippen MR) is 111 cm³/mol. The van der Waals surface area contributed by atoms with Gasteiger partial charge in [-0.3, -0.25) is 9.59 Å². The Morgan fingerprint density at radius 1 is 1.07 bits per heavy atom. The summed E-state index contributed by atoms with van der Waals surface area (Å²) in [4.78, 5) is 23.1. The van der Waals surface area contributed by atoms with Gasteiger partial charge in [0.25, 0.3) is 0 Å². The molecule has 0 fully saturated rings. The van der Waals surface area contributed by atoms with Gasteiger partial charge in [-0.25, -0.2) is 5.43 Å². The van der Waals surface area contributed by atoms with E-state index in [0.29, 0.717) is 22.3 Å². The molecule has 0 bridgehead atoms. The number of hydrazone groups is 1. The Kier molecular flexibility index (Phi) is 8.78. The molecule has 0 aliphatic carbocycles. The third-order valence-electron chi connectivity index (χ3n) is 3.73. The summed E-state index contributed by atoms with van der Waals surface area (Å²) in [5, 5.41) is 7.38. The molecule has 0 heterocycles. The summed E-state index contributed by atoms with van der Waals surface area (Å²) in [7, 11) is 0. The molecular weight excluding hydrogens is 401 g/mol. The van der Waals surface area contributed by atoms with Gasteiger partial charge in [0, 0.05) is 22.2 Å². The maximum Gasteiger partial charge on any atom is 0.329 e. The van der Waals surface area contributed by atoms with Gasteiger partial charge in [0.1, 0.15) is 12.4 Å². The van der Waals surface area contributed by atoms with Crippen LogP contribution < -0.4 is 15.5 Å². The van der Waals surface area contributed by atoms with Crippen LogP contribution in [0.5, 0.6) is 5.75 Å². The Morgan fingerprint density at radius 2 is 1.75 bits per heavy atom. The van der Waals surface area contributed by atoms with Crippen molar-refractivity contribution in [3.63, 3.8) is 0 Å². The lowest BCUT2D eigenvalue weighted by molar-refractivity contribution is -0.139. The van der Waals surface area contributed by atoms with Crippen molar-refractivity contribution in [1.82, 2.24) is 10.7 Å². The van der Waals surface area contributed by atoms with Crippen molar-refractivity contribution in [3.05, 3.63) is 63.6 Å². The minimum atomic E-state index is -0.802. The average Bonchev–Trinajstić information content (AvgIpc) is 2.68. The Hall–Kier alpha value is -2.57. The van der Waals surface area contributed by atoms with Gasteiger partial charge in [-0.1, -0.05) is 42.6 Å². The summed E-state index contributed by atoms with van der Waals surface area (Å²) in [6.07, 6.45) is 3.19. The summed E-state index contributed by atoms with van der Waals surface area (Å²) in [6, 6.07) is 12.3. The van der Waals surface area contributed by atoms with E-state index in [1.54, 1.807) is 42.5 Å². The van der Waals surface area contributed by atoms with Gasteiger partial charge < -0.3 is 10.1 Å². The number of amides is 2. The Bertz CT molecular complexity index is 819. The molecule has 0 spiro atoms. The molecule has 2 amide bonds. The maximum atomic E-state index is 11.6. The van der Waals surface area contributed by atoms with E-state index in [2.05, 4.69) is 15.8 Å². The average molecular weight is 422 g/mol. The van der Waals surface area contributed by atoms with Gasteiger partial charge in [0.05, 0.1) is 6.21 Å². The quantitative estimate of drug-likeness (QED) is 0.293. The van der Waals surface area contributed by atoms with E-state index in [9.17, 15) is 9.59 Å². The summed E-state index contributed by atoms with van der Waals surface area (Å²) < 4.78 is 5.69. The van der Waals surface area contributed by atoms with Gasteiger partial charge in [0.15, 0.2) is 0 Å². The van der Waals surface area contributed by atoms with E-state index in [4.69, 9.17) is 27.9 Å². The van der Waals surface area contributed by atoms with Crippen molar-refractivity contribution < 1.29 is 14.3 Å². The van der Waals surface area contributed by atoms with E-state index in [-0.39, 0.29) is 6.61 Å². The second-order valence-electron chi connectivity index (χ2n) is 5.87. The molecule has 2 rings (SSSR count). The van der Waals surface area contributed by atoms with Crippen LogP contribution in [0, 0.1) is 0 Å². The highest BCUT2D eigenvalue weighted by atomic mass is 35.5. The van der Waals surface area contributed by atoms with Gasteiger partial charge in [-0.2, -0.15) is 5.10 Å². The number of nitrogens with zero attached hydrogens (tertiary/aromatic N) is 1. The fourth-order valence-electron chi connectivity index (χ4n) is 2.15. The summed E-state index contributed by atoms with van der Waals surface area (Å²) in [5.74, 6) is -0.871. The number of ether oxygens (including phenoxy) is 1. The second kappa shape index (κ2) is 11.3. The van der Waals surface area contributed by atoms with E-state index < -0.39 is 11.8 Å². The molecule has 0 saturated heterocycles. The molecule has 2 aromatic carbocycles. The van der Waals surface area contributed by atoms with Crippen LogP contribution in [0.4, 0.5) is 0 Å². The highest BCUT2D eigenvalue weighted by Gasteiger charge is 2.11. The molecule has 0 aromatic heterocycles. The lowest BCUT2D eigenvalue weighted by Gasteiger charge is -2.09. The first-order valence-electron chi connectivity index (χ1n) is 8.78. The number of halogens is 2. The fourth-order valence-corrected chi connectivity index (χ4v) is 2.66. The van der Waals surface area contributed by atoms with Crippen LogP contribution in [0.2, 0.25) is 10.0 Å². The first-order valence-corrected chi connectivity index (χ1v) is 9.54. The van der Waals surface area contributed by atoms with Crippen molar-refractivity contribution in [2.45, 2.75) is 26.4 Å². The van der Waals surface area contributed by atoms with E-state index in [0.717, 1.165) is 24.0 Å². The number of benzene rings is 2. The number of nitrogens with one attached hydrogen (secondary N) is 2. The lowest BCUT2D eigenvalue weighted by atomic mass is 10.2. The molecule has 148 valence electrons. The van der Waals surface area contributed by atoms with Crippen molar-refractivity contribution >= 4 is 41.2 Å². The minimum absolute atomic E-state index is 0.245. The number of rotatable bonds is 8. The van der Waals surface area contributed by atoms with Gasteiger partial charge >= 0.3 is 11.8 Å². The van der Waals surface area contributed by atoms with E-state index in [1.807, 2.05) is 6.92 Å². The van der Waals surface area contributed by atoms with Crippen molar-refractivity contribution in [2.24, 2.45) is 5.10 Å². The molecule has 28 heavy (non-hydrogen) atoms. The number of unbranched alkanes of at least 4 members (excludes halogenated alkanes) is 1. The third-order valence-corrected chi connectivity index (χ3v) is 4.44. The van der Waals surface area contributed by atoms with Crippen molar-refractivity contribution in [3.8, 4) is 5.75 Å². The zero-order valence-electron chi connectivity index (χ0n) is 15.4. The number of hydrogen-bond donors (Lipinski definition) is 2. The molecule has 0 atom stereocenters. The highest BCUT2D eigenvalue weighted by Crippen LogP contribution is 2.25. The van der Waals surface area contributed by atoms with Crippen molar-refractivity contribution in [1.29, 1.82) is 0 Å². The smallest absolute Gasteiger partial charge is 0.329 e. The summed E-state index contributed by atoms with van der Waals surface area (Å²) in [5.41, 5.74) is 3.64. The van der Waals surface area contributed by atoms with Crippen LogP contribution in [0.1, 0.15) is 30.9 Å². The number of carbonyl (C=O) groups is 2. The third kappa shape index (κ3) is 6.87. The molecule has 0 aliphatic rings. The fraction of sp³-hybridized carbons (Fsp3) is 0.250. The Labute approximate surface area is 173 Å². The van der Waals surface area contributed by atoms with Gasteiger partial charge in [0.2, 0.25) is 0 Å². The summed E-state index contributed by atoms with van der Waals surface area (Å²) >= 11 is 12.2. The van der Waals surface area contributed by atoms with Crippen molar-refractivity contribution in [2.75, 3.05) is 6.54 Å². The zero-order valence-corrected chi connectivity index (χ0v) is 16.9. The summed E-state index contributed by atoms with van der Waals surface area (Å²) in [6.45, 7) is 2.71. The molecule has 6 nitrogen and oxygen atoms in total. The number of carbonyl (C=O) groups excluding carboxylic acids is 2. The molecule has 0 saturated carbocycles. The molecular formula is C20H21Cl2N3O3. The van der Waals surface area contributed by atoms with Crippen LogP contribution in [0.3, 0.4) is 0 Å². The Balaban J connectivity index is 1.83. The van der Waals surface area contributed by atoms with Crippen LogP contribution in [-0.2, 0) is 16.2 Å². The normalized spacial score (nSPS) is 10.7. The Morgan fingerprint density at radius 3 is 2.39 bits per heavy atom. The monoisotopic (exact) mass is 421 g/mol. The van der Waals surface area contributed by atoms with Crippen LogP contribution in [-0.4, -0.2) is 24.6 Å². The topological polar surface area (TPSA) is 79.8 Å². The van der Waals surface area contributed by atoms with Crippen LogP contribution in [0.15, 0.2) is 47.6 Å². The first kappa shape index (κ1) is 21.7. The SMILES string of the molecule is CCCCNC(=O)C(=O)N/N=C\c1ccc(OCc2c(Cl)cccc2Cl)cc1. The molecule has 0 radical (unpaired) electrons. The number of hydrogen-bond acceptors (Lipinski definition) is 4. The molecule has 8 heteroatoms. The van der Waals surface area contributed by atoms with E-state index in [1.165, 1.54) is 6.21 Å². The first-order chi connectivity index (χ1) is 13.5. The molecule has 2 aromatic rings. The standard InChI is InChI=1S/C20H21Cl2N3O3/c1-2-3-11-23-19(26)20(27)25-24-12-14-7-9-15(10-8-14)28-13-16-17(21)5-4-6-18(16)22/h4-10,12H,2-3,11,13H2,1H3,(H,23,26)(H,25,27)/b24-12-. The lowest BCUT2D eigenvalue weighted by Crippen LogP contribution is -2.38. The largest absolute Gasteiger partial charge is 0.489 e. The van der Waals surface area contributed by atoms with Crippen LogP contribution >= 0.6 is 23.2 Å². The zero-order chi connectivity index (χ0) is 20.4. The van der Waals surface area contributed by atoms with Crippen LogP contribution in [0.25, 0.3) is 0 Å². The maximum absolute atomic E-state index is 11.6.